The first-order valence-electron chi connectivity index (χ1n) is 6.80. The Morgan fingerprint density at radius 1 is 1.40 bits per heavy atom. The molecule has 0 bridgehead atoms. The molecule has 0 spiro atoms. The molecule has 0 heterocycles. The molecule has 1 aromatic rings. The van der Waals surface area contributed by atoms with Crippen molar-refractivity contribution >= 4 is 21.8 Å². The molecule has 3 nitrogen and oxygen atoms in total. The minimum atomic E-state index is -0.424. The summed E-state index contributed by atoms with van der Waals surface area (Å²) in [6, 6.07) is 4.61. The molecule has 0 atom stereocenters. The van der Waals surface area contributed by atoms with Crippen molar-refractivity contribution in [2.45, 2.75) is 32.7 Å². The number of carbonyl (C=O) groups excluding carboxylic acids is 1. The van der Waals surface area contributed by atoms with E-state index in [-0.39, 0.29) is 11.9 Å². The number of halogens is 2. The van der Waals surface area contributed by atoms with Gasteiger partial charge < -0.3 is 9.64 Å². The van der Waals surface area contributed by atoms with Crippen molar-refractivity contribution in [3.8, 4) is 0 Å². The van der Waals surface area contributed by atoms with E-state index in [9.17, 15) is 9.18 Å². The topological polar surface area (TPSA) is 29.5 Å². The molecule has 0 aliphatic rings. The predicted molar refractivity (Wildman–Crippen MR) is 81.4 cm³/mol. The van der Waals surface area contributed by atoms with E-state index in [1.807, 2.05) is 13.8 Å². The number of rotatable bonds is 7. The lowest BCUT2D eigenvalue weighted by Gasteiger charge is -2.30. The number of ether oxygens (including phenoxy) is 1. The number of amides is 1. The van der Waals surface area contributed by atoms with Gasteiger partial charge in [-0.1, -0.05) is 13.8 Å². The molecular weight excluding hydrogens is 325 g/mol. The highest BCUT2D eigenvalue weighted by Crippen LogP contribution is 2.19. The predicted octanol–water partition coefficient (Wildman–Crippen LogP) is 3.87. The summed E-state index contributed by atoms with van der Waals surface area (Å²) in [6.07, 6.45) is 1.73. The highest BCUT2D eigenvalue weighted by Gasteiger charge is 2.22. The van der Waals surface area contributed by atoms with Gasteiger partial charge in [-0.15, -0.1) is 0 Å². The van der Waals surface area contributed by atoms with Crippen molar-refractivity contribution in [3.05, 3.63) is 34.1 Å². The van der Waals surface area contributed by atoms with Gasteiger partial charge in [-0.05, 0) is 47.0 Å². The Balaban J connectivity index is 2.99. The number of carbonyl (C=O) groups is 1. The molecular formula is C15H21BrFNO2. The molecule has 1 rings (SSSR count). The van der Waals surface area contributed by atoms with Crippen molar-refractivity contribution in [3.63, 3.8) is 0 Å². The zero-order valence-electron chi connectivity index (χ0n) is 12.2. The molecule has 0 aliphatic carbocycles. The van der Waals surface area contributed by atoms with Crippen LogP contribution < -0.4 is 0 Å². The first kappa shape index (κ1) is 17.1. The Bertz CT molecular complexity index is 449. The molecule has 0 saturated heterocycles. The van der Waals surface area contributed by atoms with Crippen molar-refractivity contribution < 1.29 is 13.9 Å². The van der Waals surface area contributed by atoms with E-state index in [1.54, 1.807) is 24.1 Å². The van der Waals surface area contributed by atoms with Gasteiger partial charge in [0.05, 0.1) is 11.1 Å². The SMILES string of the molecule is CCC(CC)N(CCOC)C(=O)c1ccc(Br)c(F)c1. The van der Waals surface area contributed by atoms with Gasteiger partial charge in [-0.3, -0.25) is 4.79 Å². The van der Waals surface area contributed by atoms with E-state index in [0.717, 1.165) is 12.8 Å². The smallest absolute Gasteiger partial charge is 0.254 e. The molecule has 0 fully saturated rings. The maximum Gasteiger partial charge on any atom is 0.254 e. The molecule has 1 amide bonds. The lowest BCUT2D eigenvalue weighted by molar-refractivity contribution is 0.0589. The molecule has 20 heavy (non-hydrogen) atoms. The van der Waals surface area contributed by atoms with Crippen LogP contribution in [0.15, 0.2) is 22.7 Å². The molecule has 0 unspecified atom stereocenters. The highest BCUT2D eigenvalue weighted by molar-refractivity contribution is 9.10. The zero-order chi connectivity index (χ0) is 15.1. The molecule has 112 valence electrons. The van der Waals surface area contributed by atoms with Crippen LogP contribution in [-0.4, -0.2) is 37.1 Å². The van der Waals surface area contributed by atoms with Crippen LogP contribution in [0.2, 0.25) is 0 Å². The fraction of sp³-hybridized carbons (Fsp3) is 0.533. The van der Waals surface area contributed by atoms with Gasteiger partial charge in [0.1, 0.15) is 5.82 Å². The van der Waals surface area contributed by atoms with Gasteiger partial charge in [0.2, 0.25) is 0 Å². The summed E-state index contributed by atoms with van der Waals surface area (Å²) in [5.41, 5.74) is 0.369. The number of methoxy groups -OCH3 is 1. The average molecular weight is 346 g/mol. The fourth-order valence-electron chi connectivity index (χ4n) is 2.16. The van der Waals surface area contributed by atoms with Crippen LogP contribution in [0, 0.1) is 5.82 Å². The third-order valence-electron chi connectivity index (χ3n) is 3.35. The molecule has 1 aromatic carbocycles. The van der Waals surface area contributed by atoms with E-state index < -0.39 is 5.82 Å². The lowest BCUT2D eigenvalue weighted by Crippen LogP contribution is -2.41. The minimum Gasteiger partial charge on any atom is -0.383 e. The second-order valence-electron chi connectivity index (χ2n) is 4.59. The third-order valence-corrected chi connectivity index (χ3v) is 3.99. The number of nitrogens with zero attached hydrogens (tertiary/aromatic N) is 1. The standard InChI is InChI=1S/C15H21BrFNO2/c1-4-12(5-2)18(8-9-20-3)15(19)11-6-7-13(16)14(17)10-11/h6-7,10,12H,4-5,8-9H2,1-3H3. The van der Waals surface area contributed by atoms with Gasteiger partial charge in [-0.2, -0.15) is 0 Å². The van der Waals surface area contributed by atoms with Crippen molar-refractivity contribution in [2.24, 2.45) is 0 Å². The van der Waals surface area contributed by atoms with Gasteiger partial charge in [-0.25, -0.2) is 4.39 Å². The number of hydrogen-bond donors (Lipinski definition) is 0. The second kappa shape index (κ2) is 8.37. The number of benzene rings is 1. The van der Waals surface area contributed by atoms with Crippen LogP contribution in [-0.2, 0) is 4.74 Å². The quantitative estimate of drug-likeness (QED) is 0.750. The highest BCUT2D eigenvalue weighted by atomic mass is 79.9. The Hall–Kier alpha value is -0.940. The fourth-order valence-corrected chi connectivity index (χ4v) is 2.41. The van der Waals surface area contributed by atoms with Crippen molar-refractivity contribution in [1.82, 2.24) is 4.90 Å². The van der Waals surface area contributed by atoms with E-state index >= 15 is 0 Å². The Morgan fingerprint density at radius 2 is 2.05 bits per heavy atom. The van der Waals surface area contributed by atoms with E-state index in [2.05, 4.69) is 15.9 Å². The zero-order valence-corrected chi connectivity index (χ0v) is 13.7. The van der Waals surface area contributed by atoms with Gasteiger partial charge in [0.15, 0.2) is 0 Å². The summed E-state index contributed by atoms with van der Waals surface area (Å²) in [4.78, 5) is 14.3. The van der Waals surface area contributed by atoms with Crippen LogP contribution in [0.1, 0.15) is 37.0 Å². The van der Waals surface area contributed by atoms with Crippen LogP contribution >= 0.6 is 15.9 Å². The molecule has 5 heteroatoms. The van der Waals surface area contributed by atoms with Crippen LogP contribution in [0.25, 0.3) is 0 Å². The first-order chi connectivity index (χ1) is 9.54. The third kappa shape index (κ3) is 4.28. The first-order valence-corrected chi connectivity index (χ1v) is 7.59. The average Bonchev–Trinajstić information content (AvgIpc) is 2.45. The Labute approximate surface area is 128 Å². The minimum absolute atomic E-state index is 0.143. The van der Waals surface area contributed by atoms with Crippen molar-refractivity contribution in [2.75, 3.05) is 20.3 Å². The van der Waals surface area contributed by atoms with E-state index in [1.165, 1.54) is 6.07 Å². The maximum absolute atomic E-state index is 13.6. The molecule has 0 aliphatic heterocycles. The van der Waals surface area contributed by atoms with Crippen LogP contribution in [0.3, 0.4) is 0 Å². The largest absolute Gasteiger partial charge is 0.383 e. The lowest BCUT2D eigenvalue weighted by atomic mass is 10.1. The van der Waals surface area contributed by atoms with E-state index in [4.69, 9.17) is 4.74 Å². The van der Waals surface area contributed by atoms with Crippen LogP contribution in [0.5, 0.6) is 0 Å². The summed E-state index contributed by atoms with van der Waals surface area (Å²) in [5, 5.41) is 0. The molecule has 0 radical (unpaired) electrons. The number of hydrogen-bond acceptors (Lipinski definition) is 2. The monoisotopic (exact) mass is 345 g/mol. The summed E-state index contributed by atoms with van der Waals surface area (Å²) in [7, 11) is 1.61. The van der Waals surface area contributed by atoms with Gasteiger partial charge in [0.25, 0.3) is 5.91 Å². The van der Waals surface area contributed by atoms with Crippen LogP contribution in [0.4, 0.5) is 4.39 Å². The molecule has 0 N–H and O–H groups in total. The summed E-state index contributed by atoms with van der Waals surface area (Å²) >= 11 is 3.09. The van der Waals surface area contributed by atoms with E-state index in [0.29, 0.717) is 23.2 Å². The summed E-state index contributed by atoms with van der Waals surface area (Å²) in [5.74, 6) is -0.575. The van der Waals surface area contributed by atoms with Crippen molar-refractivity contribution in [1.29, 1.82) is 0 Å². The summed E-state index contributed by atoms with van der Waals surface area (Å²) in [6.45, 7) is 5.08. The second-order valence-corrected chi connectivity index (χ2v) is 5.44. The molecule has 0 aromatic heterocycles. The Morgan fingerprint density at radius 3 is 2.55 bits per heavy atom. The van der Waals surface area contributed by atoms with Gasteiger partial charge >= 0.3 is 0 Å². The Kier molecular flexibility index (Phi) is 7.16. The maximum atomic E-state index is 13.6. The summed E-state index contributed by atoms with van der Waals surface area (Å²) < 4.78 is 19.0. The normalized spacial score (nSPS) is 10.9. The van der Waals surface area contributed by atoms with Gasteiger partial charge in [0, 0.05) is 25.3 Å². The molecule has 0 saturated carbocycles.